The van der Waals surface area contributed by atoms with Crippen molar-refractivity contribution in [3.05, 3.63) is 28.3 Å². The lowest BCUT2D eigenvalue weighted by atomic mass is 9.78. The molecule has 0 radical (unpaired) electrons. The number of benzene rings is 1. The van der Waals surface area contributed by atoms with Gasteiger partial charge in [-0.15, -0.1) is 0 Å². The maximum atomic E-state index is 12.8. The minimum absolute atomic E-state index is 0.0957. The highest BCUT2D eigenvalue weighted by molar-refractivity contribution is 7.54. The molecule has 0 bridgehead atoms. The summed E-state index contributed by atoms with van der Waals surface area (Å²) in [7, 11) is -1.65. The fraction of sp³-hybridized carbons (Fsp3) is 0.682. The first-order valence-electron chi connectivity index (χ1n) is 10.3. The highest BCUT2D eigenvalue weighted by atomic mass is 31.2. The SMILES string of the molecule is CCOP(=O)(CC(=O)Cc1cc(C(C)(C)C)c(OC)c2c1CCCC2)OCC. The highest BCUT2D eigenvalue weighted by Crippen LogP contribution is 2.48. The third kappa shape index (κ3) is 5.46. The van der Waals surface area contributed by atoms with Crippen molar-refractivity contribution in [2.75, 3.05) is 26.5 Å². The third-order valence-corrected chi connectivity index (χ3v) is 7.16. The monoisotopic (exact) mass is 410 g/mol. The second-order valence-corrected chi connectivity index (χ2v) is 10.4. The standard InChI is InChI=1S/C22H35O5P/c1-7-26-28(24,27-8-2)15-17(23)13-16-14-20(22(3,4)5)21(25-6)19-12-10-9-11-18(16)19/h14H,7-13,15H2,1-6H3. The van der Waals surface area contributed by atoms with Crippen molar-refractivity contribution in [3.8, 4) is 5.75 Å². The molecular formula is C22H35O5P. The molecule has 0 atom stereocenters. The molecule has 0 saturated carbocycles. The van der Waals surface area contributed by atoms with Gasteiger partial charge in [0.1, 0.15) is 17.7 Å². The molecule has 0 amide bonds. The quantitative estimate of drug-likeness (QED) is 0.521. The first-order chi connectivity index (χ1) is 13.1. The van der Waals surface area contributed by atoms with Crippen LogP contribution in [0.1, 0.15) is 69.7 Å². The number of carbonyl (C=O) groups is 1. The Morgan fingerprint density at radius 3 is 2.14 bits per heavy atom. The average molecular weight is 410 g/mol. The van der Waals surface area contributed by atoms with Crippen molar-refractivity contribution in [1.82, 2.24) is 0 Å². The molecule has 1 aliphatic carbocycles. The lowest BCUT2D eigenvalue weighted by Crippen LogP contribution is -2.20. The van der Waals surface area contributed by atoms with Gasteiger partial charge >= 0.3 is 7.60 Å². The molecule has 0 saturated heterocycles. The molecule has 0 unspecified atom stereocenters. The first kappa shape index (κ1) is 23.1. The van der Waals surface area contributed by atoms with E-state index in [4.69, 9.17) is 13.8 Å². The van der Waals surface area contributed by atoms with E-state index in [9.17, 15) is 9.36 Å². The largest absolute Gasteiger partial charge is 0.496 e. The van der Waals surface area contributed by atoms with Gasteiger partial charge in [-0.2, -0.15) is 0 Å². The Hall–Kier alpha value is -1.16. The smallest absolute Gasteiger partial charge is 0.338 e. The Bertz CT molecular complexity index is 738. The van der Waals surface area contributed by atoms with Gasteiger partial charge in [-0.05, 0) is 61.6 Å². The van der Waals surface area contributed by atoms with Crippen LogP contribution >= 0.6 is 7.60 Å². The number of ether oxygens (including phenoxy) is 1. The van der Waals surface area contributed by atoms with Crippen molar-refractivity contribution >= 4 is 13.4 Å². The Kier molecular flexibility index (Phi) is 7.89. The topological polar surface area (TPSA) is 61.8 Å². The van der Waals surface area contributed by atoms with E-state index in [2.05, 4.69) is 26.8 Å². The van der Waals surface area contributed by atoms with Gasteiger partial charge in [0.05, 0.1) is 20.3 Å². The van der Waals surface area contributed by atoms with E-state index in [-0.39, 0.29) is 37.0 Å². The molecule has 0 heterocycles. The van der Waals surface area contributed by atoms with Crippen molar-refractivity contribution in [3.63, 3.8) is 0 Å². The van der Waals surface area contributed by atoms with Crippen molar-refractivity contribution < 1.29 is 23.1 Å². The lowest BCUT2D eigenvalue weighted by Gasteiger charge is -2.29. The van der Waals surface area contributed by atoms with Crippen LogP contribution in [0.5, 0.6) is 5.75 Å². The van der Waals surface area contributed by atoms with Gasteiger partial charge < -0.3 is 13.8 Å². The molecular weight excluding hydrogens is 375 g/mol. The van der Waals surface area contributed by atoms with E-state index < -0.39 is 7.60 Å². The molecule has 158 valence electrons. The number of ketones is 1. The zero-order chi connectivity index (χ0) is 20.9. The molecule has 1 aliphatic rings. The molecule has 28 heavy (non-hydrogen) atoms. The number of Topliss-reactive ketones (excluding diaryl/α,β-unsaturated/α-hetero) is 1. The van der Waals surface area contributed by atoms with Crippen molar-refractivity contribution in [2.45, 2.75) is 72.1 Å². The van der Waals surface area contributed by atoms with Gasteiger partial charge in [0, 0.05) is 12.0 Å². The fourth-order valence-corrected chi connectivity index (χ4v) is 5.54. The summed E-state index contributed by atoms with van der Waals surface area (Å²) in [6.07, 6.45) is 4.24. The normalized spacial score (nSPS) is 14.6. The van der Waals surface area contributed by atoms with E-state index in [0.29, 0.717) is 0 Å². The summed E-state index contributed by atoms with van der Waals surface area (Å²) in [5.74, 6) is 0.857. The number of hydrogen-bond donors (Lipinski definition) is 0. The summed E-state index contributed by atoms with van der Waals surface area (Å²) < 4.78 is 29.1. The molecule has 2 rings (SSSR count). The summed E-state index contributed by atoms with van der Waals surface area (Å²) in [6.45, 7) is 10.5. The number of rotatable bonds is 9. The van der Waals surface area contributed by atoms with Crippen LogP contribution in [0.3, 0.4) is 0 Å². The van der Waals surface area contributed by atoms with Gasteiger partial charge in [0.15, 0.2) is 0 Å². The molecule has 0 spiro atoms. The van der Waals surface area contributed by atoms with Gasteiger partial charge in [0.25, 0.3) is 0 Å². The average Bonchev–Trinajstić information content (AvgIpc) is 2.60. The second kappa shape index (κ2) is 9.56. The summed E-state index contributed by atoms with van der Waals surface area (Å²) in [5.41, 5.74) is 4.52. The van der Waals surface area contributed by atoms with E-state index >= 15 is 0 Å². The van der Waals surface area contributed by atoms with Crippen LogP contribution in [0.2, 0.25) is 0 Å². The van der Waals surface area contributed by atoms with Gasteiger partial charge in [-0.25, -0.2) is 0 Å². The second-order valence-electron chi connectivity index (χ2n) is 8.35. The molecule has 0 aliphatic heterocycles. The van der Waals surface area contributed by atoms with Crippen LogP contribution < -0.4 is 4.74 Å². The van der Waals surface area contributed by atoms with E-state index in [1.165, 1.54) is 11.1 Å². The molecule has 0 N–H and O–H groups in total. The maximum Gasteiger partial charge on any atom is 0.338 e. The van der Waals surface area contributed by atoms with Crippen LogP contribution in [-0.2, 0) is 43.1 Å². The Morgan fingerprint density at radius 2 is 1.64 bits per heavy atom. The van der Waals surface area contributed by atoms with Gasteiger partial charge in [-0.3, -0.25) is 9.36 Å². The number of hydrogen-bond acceptors (Lipinski definition) is 5. The van der Waals surface area contributed by atoms with Crippen LogP contribution in [0, 0.1) is 0 Å². The predicted molar refractivity (Wildman–Crippen MR) is 113 cm³/mol. The minimum atomic E-state index is -3.37. The fourth-order valence-electron chi connectivity index (χ4n) is 3.95. The third-order valence-electron chi connectivity index (χ3n) is 5.11. The van der Waals surface area contributed by atoms with E-state index in [1.807, 2.05) is 0 Å². The molecule has 6 heteroatoms. The number of fused-ring (bicyclic) bond motifs is 1. The van der Waals surface area contributed by atoms with Crippen molar-refractivity contribution in [1.29, 1.82) is 0 Å². The zero-order valence-electron chi connectivity index (χ0n) is 18.2. The van der Waals surface area contributed by atoms with Crippen molar-refractivity contribution in [2.24, 2.45) is 0 Å². The minimum Gasteiger partial charge on any atom is -0.496 e. The number of carbonyl (C=O) groups excluding carboxylic acids is 1. The van der Waals surface area contributed by atoms with Crippen LogP contribution in [0.25, 0.3) is 0 Å². The Balaban J connectivity index is 2.39. The summed E-state index contributed by atoms with van der Waals surface area (Å²) in [5, 5.41) is 0. The van der Waals surface area contributed by atoms with Crippen LogP contribution in [-0.4, -0.2) is 32.3 Å². The van der Waals surface area contributed by atoms with E-state index in [0.717, 1.165) is 42.6 Å². The van der Waals surface area contributed by atoms with Crippen LogP contribution in [0.15, 0.2) is 6.07 Å². The zero-order valence-corrected chi connectivity index (χ0v) is 19.1. The highest BCUT2D eigenvalue weighted by Gasteiger charge is 2.30. The summed E-state index contributed by atoms with van der Waals surface area (Å²) in [4.78, 5) is 12.8. The molecule has 1 aromatic rings. The number of methoxy groups -OCH3 is 1. The molecule has 5 nitrogen and oxygen atoms in total. The summed E-state index contributed by atoms with van der Waals surface area (Å²) in [6, 6.07) is 2.12. The Labute approximate surface area is 169 Å². The maximum absolute atomic E-state index is 12.8. The van der Waals surface area contributed by atoms with Gasteiger partial charge in [0.2, 0.25) is 0 Å². The molecule has 1 aromatic carbocycles. The predicted octanol–water partition coefficient (Wildman–Crippen LogP) is 5.25. The summed E-state index contributed by atoms with van der Waals surface area (Å²) >= 11 is 0. The van der Waals surface area contributed by atoms with Gasteiger partial charge in [-0.1, -0.05) is 26.8 Å². The molecule has 0 aromatic heterocycles. The van der Waals surface area contributed by atoms with Crippen LogP contribution in [0.4, 0.5) is 0 Å². The Morgan fingerprint density at radius 1 is 1.07 bits per heavy atom. The first-order valence-corrected chi connectivity index (χ1v) is 12.0. The van der Waals surface area contributed by atoms with E-state index in [1.54, 1.807) is 21.0 Å². The molecule has 0 fully saturated rings. The lowest BCUT2D eigenvalue weighted by molar-refractivity contribution is -0.116.